The summed E-state index contributed by atoms with van der Waals surface area (Å²) in [7, 11) is 0. The van der Waals surface area contributed by atoms with Crippen LogP contribution >= 0.6 is 22.4 Å². The fraction of sp³-hybridized carbons (Fsp3) is 1.00. The molecular weight excluding hydrogens is 229 g/mol. The van der Waals surface area contributed by atoms with Crippen LogP contribution in [-0.4, -0.2) is 4.85 Å². The first kappa shape index (κ1) is 9.72. The van der Waals surface area contributed by atoms with Gasteiger partial charge in [0.2, 0.25) is 0 Å². The van der Waals surface area contributed by atoms with Gasteiger partial charge in [-0.25, -0.2) is 0 Å². The molecule has 0 amide bonds. The van der Waals surface area contributed by atoms with Gasteiger partial charge in [-0.05, 0) is 11.7 Å². The van der Waals surface area contributed by atoms with Crippen molar-refractivity contribution in [3.63, 3.8) is 0 Å². The van der Waals surface area contributed by atoms with Gasteiger partial charge < -0.3 is 4.32 Å². The molecule has 0 aromatic heterocycles. The fourth-order valence-corrected chi connectivity index (χ4v) is 1.33. The first-order chi connectivity index (χ1) is 4.09. The third-order valence-corrected chi connectivity index (χ3v) is 3.07. The molecule has 0 bridgehead atoms. The summed E-state index contributed by atoms with van der Waals surface area (Å²) >= 11 is 1.84. The Morgan fingerprint density at radius 2 is 2.00 bits per heavy atom. The highest BCUT2D eigenvalue weighted by molar-refractivity contribution is 14.1. The SMILES string of the molecule is CCC(C)[C@@H](C)B(F)I. The van der Waals surface area contributed by atoms with Crippen LogP contribution in [0.1, 0.15) is 27.2 Å². The predicted molar refractivity (Wildman–Crippen MR) is 49.8 cm³/mol. The Bertz CT molecular complexity index is 77.5. The molecule has 0 spiro atoms. The lowest BCUT2D eigenvalue weighted by Gasteiger charge is -2.15. The number of hydrogen-bond acceptors (Lipinski definition) is 0. The van der Waals surface area contributed by atoms with E-state index in [0.717, 1.165) is 6.42 Å². The largest absolute Gasteiger partial charge is 0.419 e. The van der Waals surface area contributed by atoms with Gasteiger partial charge in [0.1, 0.15) is 0 Å². The summed E-state index contributed by atoms with van der Waals surface area (Å²) in [4.78, 5) is -0.683. The maximum absolute atomic E-state index is 12.5. The van der Waals surface area contributed by atoms with Crippen LogP contribution in [0.3, 0.4) is 0 Å². The van der Waals surface area contributed by atoms with Crippen molar-refractivity contribution < 1.29 is 4.32 Å². The molecule has 0 fully saturated rings. The second-order valence-corrected chi connectivity index (χ2v) is 3.77. The lowest BCUT2D eigenvalue weighted by molar-refractivity contribution is 0.524. The van der Waals surface area contributed by atoms with E-state index in [0.29, 0.717) is 5.92 Å². The van der Waals surface area contributed by atoms with Crippen molar-refractivity contribution >= 4 is 27.2 Å². The van der Waals surface area contributed by atoms with Gasteiger partial charge in [-0.15, -0.1) is 22.4 Å². The molecule has 0 radical (unpaired) electrons. The van der Waals surface area contributed by atoms with Gasteiger partial charge in [-0.2, -0.15) is 0 Å². The first-order valence-electron chi connectivity index (χ1n) is 3.37. The van der Waals surface area contributed by atoms with E-state index < -0.39 is 4.85 Å². The van der Waals surface area contributed by atoms with Crippen molar-refractivity contribution in [3.05, 3.63) is 0 Å². The van der Waals surface area contributed by atoms with E-state index in [-0.39, 0.29) is 5.82 Å². The van der Waals surface area contributed by atoms with Crippen molar-refractivity contribution in [1.82, 2.24) is 0 Å². The molecule has 0 rings (SSSR count). The summed E-state index contributed by atoms with van der Waals surface area (Å²) in [6.45, 7) is 6.15. The molecule has 0 saturated heterocycles. The van der Waals surface area contributed by atoms with Gasteiger partial charge in [0.15, 0.2) is 0 Å². The molecule has 3 heteroatoms. The summed E-state index contributed by atoms with van der Waals surface area (Å²) in [5.41, 5.74) is 0. The van der Waals surface area contributed by atoms with Crippen LogP contribution in [0.4, 0.5) is 4.32 Å². The van der Waals surface area contributed by atoms with Crippen molar-refractivity contribution in [1.29, 1.82) is 0 Å². The minimum Gasteiger partial charge on any atom is -0.320 e. The Morgan fingerprint density at radius 3 is 2.11 bits per heavy atom. The minimum atomic E-state index is -0.683. The normalized spacial score (nSPS) is 17.0. The van der Waals surface area contributed by atoms with E-state index in [1.54, 1.807) is 0 Å². The summed E-state index contributed by atoms with van der Waals surface area (Å²) < 4.78 is 12.5. The maximum atomic E-state index is 12.5. The standard InChI is InChI=1S/C6H13BFI/c1-4-5(2)6(3)7(8)9/h5-6H,4H2,1-3H3/t5?,6-/m1/s1. The third kappa shape index (κ3) is 3.43. The Kier molecular flexibility index (Phi) is 4.89. The molecule has 54 valence electrons. The molecular formula is C6H13BFI. The van der Waals surface area contributed by atoms with Gasteiger partial charge in [-0.3, -0.25) is 0 Å². The van der Waals surface area contributed by atoms with Crippen molar-refractivity contribution in [3.8, 4) is 0 Å². The molecule has 0 heterocycles. The zero-order chi connectivity index (χ0) is 7.44. The molecule has 2 atom stereocenters. The van der Waals surface area contributed by atoms with Gasteiger partial charge >= 0.3 is 4.85 Å². The summed E-state index contributed by atoms with van der Waals surface area (Å²) in [5, 5.41) is 0. The third-order valence-electron chi connectivity index (χ3n) is 1.94. The van der Waals surface area contributed by atoms with Crippen LogP contribution in [0.2, 0.25) is 5.82 Å². The average Bonchev–Trinajstić information content (AvgIpc) is 1.84. The van der Waals surface area contributed by atoms with Gasteiger partial charge in [0.25, 0.3) is 0 Å². The fourth-order valence-electron chi connectivity index (χ4n) is 0.620. The Balaban J connectivity index is 3.58. The molecule has 0 aromatic rings. The summed E-state index contributed by atoms with van der Waals surface area (Å²) in [5.74, 6) is 0.715. The van der Waals surface area contributed by atoms with Gasteiger partial charge in [0, 0.05) is 0 Å². The first-order valence-corrected chi connectivity index (χ1v) is 4.62. The van der Waals surface area contributed by atoms with Crippen LogP contribution in [0.5, 0.6) is 0 Å². The highest BCUT2D eigenvalue weighted by atomic mass is 127. The van der Waals surface area contributed by atoms with E-state index in [4.69, 9.17) is 0 Å². The summed E-state index contributed by atoms with van der Waals surface area (Å²) in [6, 6.07) is 0. The van der Waals surface area contributed by atoms with Crippen molar-refractivity contribution in [2.24, 2.45) is 5.92 Å². The van der Waals surface area contributed by atoms with E-state index in [1.165, 1.54) is 0 Å². The molecule has 0 N–H and O–H groups in total. The van der Waals surface area contributed by atoms with Crippen molar-refractivity contribution in [2.75, 3.05) is 0 Å². The zero-order valence-electron chi connectivity index (χ0n) is 6.20. The monoisotopic (exact) mass is 242 g/mol. The van der Waals surface area contributed by atoms with Gasteiger partial charge in [-0.1, -0.05) is 27.2 Å². The Morgan fingerprint density at radius 1 is 1.56 bits per heavy atom. The van der Waals surface area contributed by atoms with Crippen LogP contribution in [-0.2, 0) is 0 Å². The molecule has 9 heavy (non-hydrogen) atoms. The molecule has 0 aromatic carbocycles. The number of rotatable bonds is 3. The molecule has 0 aliphatic carbocycles. The average molecular weight is 242 g/mol. The van der Waals surface area contributed by atoms with Gasteiger partial charge in [0.05, 0.1) is 0 Å². The quantitative estimate of drug-likeness (QED) is 0.526. The second kappa shape index (κ2) is 4.53. The molecule has 1 unspecified atom stereocenters. The molecule has 0 aliphatic heterocycles. The van der Waals surface area contributed by atoms with E-state index in [1.807, 2.05) is 29.3 Å². The topological polar surface area (TPSA) is 0 Å². The molecule has 0 nitrogen and oxygen atoms in total. The van der Waals surface area contributed by atoms with E-state index in [2.05, 4.69) is 13.8 Å². The van der Waals surface area contributed by atoms with Crippen molar-refractivity contribution in [2.45, 2.75) is 33.0 Å². The highest BCUT2D eigenvalue weighted by Crippen LogP contribution is 2.27. The number of halogens is 2. The lowest BCUT2D eigenvalue weighted by atomic mass is 9.74. The summed E-state index contributed by atoms with van der Waals surface area (Å²) in [6.07, 6.45) is 1.07. The molecule has 0 saturated carbocycles. The lowest BCUT2D eigenvalue weighted by Crippen LogP contribution is -2.11. The Hall–Kier alpha value is 0.725. The van der Waals surface area contributed by atoms with Crippen LogP contribution < -0.4 is 0 Å². The van der Waals surface area contributed by atoms with E-state index >= 15 is 0 Å². The maximum Gasteiger partial charge on any atom is 0.419 e. The van der Waals surface area contributed by atoms with E-state index in [9.17, 15) is 4.32 Å². The Labute approximate surface area is 70.6 Å². The van der Waals surface area contributed by atoms with Crippen LogP contribution in [0.25, 0.3) is 0 Å². The van der Waals surface area contributed by atoms with Crippen LogP contribution in [0, 0.1) is 5.92 Å². The second-order valence-electron chi connectivity index (χ2n) is 2.58. The number of hydrogen-bond donors (Lipinski definition) is 0. The smallest absolute Gasteiger partial charge is 0.320 e. The van der Waals surface area contributed by atoms with Crippen LogP contribution in [0.15, 0.2) is 0 Å². The zero-order valence-corrected chi connectivity index (χ0v) is 8.35. The predicted octanol–water partition coefficient (Wildman–Crippen LogP) is 3.32. The highest BCUT2D eigenvalue weighted by Gasteiger charge is 2.22. The molecule has 0 aliphatic rings. The minimum absolute atomic E-state index is 0.204.